The fourth-order valence-electron chi connectivity index (χ4n) is 3.88. The van der Waals surface area contributed by atoms with E-state index in [1.54, 1.807) is 23.2 Å². The van der Waals surface area contributed by atoms with Gasteiger partial charge in [-0.2, -0.15) is 0 Å². The third-order valence-electron chi connectivity index (χ3n) is 5.60. The highest BCUT2D eigenvalue weighted by Gasteiger charge is 2.31. The number of pyridine rings is 1. The van der Waals surface area contributed by atoms with Crippen LogP contribution >= 0.6 is 0 Å². The molecule has 1 aromatic rings. The molecule has 4 heterocycles. The molecule has 4 rings (SSSR count). The first kappa shape index (κ1) is 19.1. The number of rotatable bonds is 4. The van der Waals surface area contributed by atoms with Gasteiger partial charge in [0.05, 0.1) is 31.3 Å². The van der Waals surface area contributed by atoms with E-state index in [0.717, 1.165) is 19.3 Å². The number of carbonyl (C=O) groups is 2. The van der Waals surface area contributed by atoms with Crippen LogP contribution in [0.15, 0.2) is 18.3 Å². The first-order valence-electron chi connectivity index (χ1n) is 10.1. The Labute approximate surface area is 164 Å². The third kappa shape index (κ3) is 4.44. The van der Waals surface area contributed by atoms with E-state index in [0.29, 0.717) is 64.0 Å². The molecule has 0 saturated carbocycles. The molecule has 3 aliphatic heterocycles. The van der Waals surface area contributed by atoms with Gasteiger partial charge in [-0.1, -0.05) is 0 Å². The second kappa shape index (κ2) is 8.87. The Bertz CT molecular complexity index is 676. The maximum absolute atomic E-state index is 12.5. The molecular weight excluding hydrogens is 362 g/mol. The van der Waals surface area contributed by atoms with Crippen LogP contribution in [0.5, 0.6) is 5.88 Å². The molecule has 0 N–H and O–H groups in total. The SMILES string of the molecule is O=C(c1ccc(OC2CCN(C(=O)C3CCOC3)CC2)nc1)N1CCOCC1. The lowest BCUT2D eigenvalue weighted by Crippen LogP contribution is -2.44. The largest absolute Gasteiger partial charge is 0.474 e. The van der Waals surface area contributed by atoms with E-state index in [9.17, 15) is 9.59 Å². The summed E-state index contributed by atoms with van der Waals surface area (Å²) < 4.78 is 16.6. The van der Waals surface area contributed by atoms with Gasteiger partial charge in [0.15, 0.2) is 0 Å². The molecule has 0 aliphatic carbocycles. The molecule has 2 amide bonds. The number of ether oxygens (including phenoxy) is 3. The van der Waals surface area contributed by atoms with Gasteiger partial charge >= 0.3 is 0 Å². The Hall–Kier alpha value is -2.19. The van der Waals surface area contributed by atoms with E-state index >= 15 is 0 Å². The Balaban J connectivity index is 1.26. The zero-order valence-corrected chi connectivity index (χ0v) is 16.0. The summed E-state index contributed by atoms with van der Waals surface area (Å²) in [5, 5.41) is 0. The van der Waals surface area contributed by atoms with Gasteiger partial charge in [-0.3, -0.25) is 9.59 Å². The maximum atomic E-state index is 12.5. The average Bonchev–Trinajstić information content (AvgIpc) is 3.29. The standard InChI is InChI=1S/C20H27N3O5/c24-19(23-8-11-26-12-9-23)15-1-2-18(21-13-15)28-17-3-6-22(7-4-17)20(25)16-5-10-27-14-16/h1-2,13,16-17H,3-12,14H2. The van der Waals surface area contributed by atoms with Gasteiger partial charge in [-0.15, -0.1) is 0 Å². The molecule has 3 fully saturated rings. The monoisotopic (exact) mass is 389 g/mol. The fourth-order valence-corrected chi connectivity index (χ4v) is 3.88. The van der Waals surface area contributed by atoms with Crippen LogP contribution in [0.4, 0.5) is 0 Å². The van der Waals surface area contributed by atoms with Crippen molar-refractivity contribution in [1.29, 1.82) is 0 Å². The van der Waals surface area contributed by atoms with Crippen LogP contribution in [0.2, 0.25) is 0 Å². The van der Waals surface area contributed by atoms with Crippen LogP contribution in [0.1, 0.15) is 29.6 Å². The molecule has 3 saturated heterocycles. The Kier molecular flexibility index (Phi) is 6.07. The molecular formula is C20H27N3O5. The Morgan fingerprint density at radius 2 is 1.75 bits per heavy atom. The Morgan fingerprint density at radius 1 is 0.964 bits per heavy atom. The summed E-state index contributed by atoms with van der Waals surface area (Å²) in [5.74, 6) is 0.730. The lowest BCUT2D eigenvalue weighted by atomic mass is 10.0. The van der Waals surface area contributed by atoms with Crippen molar-refractivity contribution in [3.05, 3.63) is 23.9 Å². The van der Waals surface area contributed by atoms with Crippen molar-refractivity contribution in [1.82, 2.24) is 14.8 Å². The summed E-state index contributed by atoms with van der Waals surface area (Å²) in [6.45, 7) is 5.02. The van der Waals surface area contributed by atoms with Gasteiger partial charge < -0.3 is 24.0 Å². The summed E-state index contributed by atoms with van der Waals surface area (Å²) in [6.07, 6.45) is 4.02. The zero-order chi connectivity index (χ0) is 19.3. The summed E-state index contributed by atoms with van der Waals surface area (Å²) in [6, 6.07) is 3.51. The van der Waals surface area contributed by atoms with Crippen molar-refractivity contribution in [2.45, 2.75) is 25.4 Å². The van der Waals surface area contributed by atoms with Crippen molar-refractivity contribution in [2.24, 2.45) is 5.92 Å². The normalized spacial score (nSPS) is 23.6. The number of carbonyl (C=O) groups excluding carboxylic acids is 2. The van der Waals surface area contributed by atoms with E-state index in [4.69, 9.17) is 14.2 Å². The molecule has 0 aromatic carbocycles. The minimum absolute atomic E-state index is 0.0231. The smallest absolute Gasteiger partial charge is 0.255 e. The molecule has 28 heavy (non-hydrogen) atoms. The average molecular weight is 389 g/mol. The van der Waals surface area contributed by atoms with E-state index in [2.05, 4.69) is 4.98 Å². The molecule has 152 valence electrons. The minimum Gasteiger partial charge on any atom is -0.474 e. The van der Waals surface area contributed by atoms with Crippen LogP contribution < -0.4 is 4.74 Å². The Morgan fingerprint density at radius 3 is 2.39 bits per heavy atom. The first-order valence-corrected chi connectivity index (χ1v) is 10.1. The second-order valence-corrected chi connectivity index (χ2v) is 7.49. The van der Waals surface area contributed by atoms with E-state index in [1.807, 2.05) is 4.90 Å². The number of nitrogens with zero attached hydrogens (tertiary/aromatic N) is 3. The third-order valence-corrected chi connectivity index (χ3v) is 5.60. The lowest BCUT2D eigenvalue weighted by Gasteiger charge is -2.33. The van der Waals surface area contributed by atoms with Crippen molar-refractivity contribution in [3.63, 3.8) is 0 Å². The van der Waals surface area contributed by atoms with Crippen LogP contribution in [-0.2, 0) is 14.3 Å². The molecule has 1 aromatic heterocycles. The maximum Gasteiger partial charge on any atom is 0.255 e. The highest BCUT2D eigenvalue weighted by atomic mass is 16.5. The van der Waals surface area contributed by atoms with Crippen molar-refractivity contribution in [2.75, 3.05) is 52.6 Å². The fraction of sp³-hybridized carbons (Fsp3) is 0.650. The van der Waals surface area contributed by atoms with Crippen molar-refractivity contribution < 1.29 is 23.8 Å². The lowest BCUT2D eigenvalue weighted by molar-refractivity contribution is -0.137. The molecule has 1 unspecified atom stereocenters. The van der Waals surface area contributed by atoms with Crippen LogP contribution in [0.25, 0.3) is 0 Å². The zero-order valence-electron chi connectivity index (χ0n) is 16.0. The van der Waals surface area contributed by atoms with Crippen molar-refractivity contribution >= 4 is 11.8 Å². The van der Waals surface area contributed by atoms with E-state index < -0.39 is 0 Å². The number of amides is 2. The number of morpholine rings is 1. The molecule has 0 spiro atoms. The number of hydrogen-bond acceptors (Lipinski definition) is 6. The second-order valence-electron chi connectivity index (χ2n) is 7.49. The predicted octanol–water partition coefficient (Wildman–Crippen LogP) is 0.960. The number of aromatic nitrogens is 1. The van der Waals surface area contributed by atoms with Gasteiger partial charge in [-0.25, -0.2) is 4.98 Å². The highest BCUT2D eigenvalue weighted by Crippen LogP contribution is 2.22. The van der Waals surface area contributed by atoms with Crippen LogP contribution in [0.3, 0.4) is 0 Å². The van der Waals surface area contributed by atoms with Crippen LogP contribution in [-0.4, -0.2) is 85.3 Å². The van der Waals surface area contributed by atoms with E-state index in [1.165, 1.54) is 0 Å². The summed E-state index contributed by atoms with van der Waals surface area (Å²) in [5.41, 5.74) is 0.563. The molecule has 1 atom stereocenters. The predicted molar refractivity (Wildman–Crippen MR) is 100 cm³/mol. The molecule has 8 heteroatoms. The van der Waals surface area contributed by atoms with Gasteiger partial charge in [0.1, 0.15) is 6.10 Å². The molecule has 3 aliphatic rings. The van der Waals surface area contributed by atoms with Gasteiger partial charge in [0, 0.05) is 57.9 Å². The number of piperidine rings is 1. The summed E-state index contributed by atoms with van der Waals surface area (Å²) in [4.78, 5) is 32.9. The van der Waals surface area contributed by atoms with Gasteiger partial charge in [-0.05, 0) is 12.5 Å². The van der Waals surface area contributed by atoms with Gasteiger partial charge in [0.2, 0.25) is 11.8 Å². The summed E-state index contributed by atoms with van der Waals surface area (Å²) >= 11 is 0. The van der Waals surface area contributed by atoms with E-state index in [-0.39, 0.29) is 23.8 Å². The van der Waals surface area contributed by atoms with Gasteiger partial charge in [0.25, 0.3) is 5.91 Å². The molecule has 0 radical (unpaired) electrons. The quantitative estimate of drug-likeness (QED) is 0.763. The minimum atomic E-state index is -0.0231. The molecule has 8 nitrogen and oxygen atoms in total. The first-order chi connectivity index (χ1) is 13.7. The highest BCUT2D eigenvalue weighted by molar-refractivity contribution is 5.94. The van der Waals surface area contributed by atoms with Crippen molar-refractivity contribution in [3.8, 4) is 5.88 Å². The topological polar surface area (TPSA) is 81.2 Å². The number of hydrogen-bond donors (Lipinski definition) is 0. The number of likely N-dealkylation sites (tertiary alicyclic amines) is 1. The molecule has 0 bridgehead atoms. The van der Waals surface area contributed by atoms with Crippen LogP contribution in [0, 0.1) is 5.92 Å². The summed E-state index contributed by atoms with van der Waals surface area (Å²) in [7, 11) is 0.